The fourth-order valence-electron chi connectivity index (χ4n) is 0.332. The summed E-state index contributed by atoms with van der Waals surface area (Å²) in [5, 5.41) is 2.40. The van der Waals surface area contributed by atoms with Gasteiger partial charge in [-0.15, -0.1) is 25.3 Å². The minimum absolute atomic E-state index is 0. The van der Waals surface area contributed by atoms with Crippen LogP contribution < -0.4 is 0 Å². The van der Waals surface area contributed by atoms with Crippen LogP contribution in [0.4, 0.5) is 0 Å². The molecule has 1 radical (unpaired) electrons. The molecule has 0 heterocycles. The first-order chi connectivity index (χ1) is 3.41. The zero-order valence-electron chi connectivity index (χ0n) is 5.06. The number of rotatable bonds is 4. The van der Waals surface area contributed by atoms with Gasteiger partial charge in [-0.2, -0.15) is 0 Å². The Labute approximate surface area is 57.1 Å². The van der Waals surface area contributed by atoms with Gasteiger partial charge in [-0.25, -0.2) is 0 Å². The SMILES string of the molecule is C=C[CH2][Al][CH2]C=C.O. The van der Waals surface area contributed by atoms with Crippen LogP contribution in [0.1, 0.15) is 0 Å². The molecule has 0 spiro atoms. The van der Waals surface area contributed by atoms with Gasteiger partial charge in [-0.3, -0.25) is 0 Å². The van der Waals surface area contributed by atoms with Gasteiger partial charge in [0.2, 0.25) is 15.2 Å². The maximum absolute atomic E-state index is 3.62. The molecular formula is C6H12AlO. The summed E-state index contributed by atoms with van der Waals surface area (Å²) in [6.45, 7) is 7.24. The number of allylic oxidation sites excluding steroid dienone is 2. The Kier molecular flexibility index (Phi) is 13.7. The number of hydrogen-bond acceptors (Lipinski definition) is 0. The molecule has 0 unspecified atom stereocenters. The summed E-state index contributed by atoms with van der Waals surface area (Å²) in [5.41, 5.74) is 0. The minimum atomic E-state index is 0. The second-order valence-corrected chi connectivity index (χ2v) is 2.86. The second kappa shape index (κ2) is 10.1. The zero-order valence-corrected chi connectivity index (χ0v) is 6.22. The highest BCUT2D eigenvalue weighted by molar-refractivity contribution is 6.36. The quantitative estimate of drug-likeness (QED) is 0.307. The lowest BCUT2D eigenvalue weighted by Crippen LogP contribution is -1.79. The molecule has 8 heavy (non-hydrogen) atoms. The summed E-state index contributed by atoms with van der Waals surface area (Å²) < 4.78 is 0. The highest BCUT2D eigenvalue weighted by Crippen LogP contribution is 1.84. The van der Waals surface area contributed by atoms with Crippen molar-refractivity contribution >= 4 is 15.2 Å². The van der Waals surface area contributed by atoms with E-state index in [2.05, 4.69) is 13.2 Å². The van der Waals surface area contributed by atoms with Crippen LogP contribution in [0.3, 0.4) is 0 Å². The fourth-order valence-corrected chi connectivity index (χ4v) is 0.996. The standard InChI is InChI=1S/2C3H5.Al.H2O/c2*1-3-2;;/h2*3H,1-2H2;;1H2. The average Bonchev–Trinajstić information content (AvgIpc) is 1.69. The molecule has 1 nitrogen and oxygen atoms in total. The summed E-state index contributed by atoms with van der Waals surface area (Å²) in [6, 6.07) is 0. The molecule has 0 aliphatic rings. The molecule has 0 saturated carbocycles. The van der Waals surface area contributed by atoms with Crippen LogP contribution in [0.5, 0.6) is 0 Å². The van der Waals surface area contributed by atoms with Crippen LogP contribution in [0, 0.1) is 0 Å². The lowest BCUT2D eigenvalue weighted by molar-refractivity contribution is 0.824. The van der Waals surface area contributed by atoms with E-state index in [1.807, 2.05) is 12.2 Å². The van der Waals surface area contributed by atoms with Gasteiger partial charge in [0.1, 0.15) is 0 Å². The molecule has 2 heteroatoms. The van der Waals surface area contributed by atoms with Crippen molar-refractivity contribution in [2.75, 3.05) is 0 Å². The monoisotopic (exact) mass is 127 g/mol. The van der Waals surface area contributed by atoms with E-state index in [0.29, 0.717) is 15.2 Å². The predicted molar refractivity (Wildman–Crippen MR) is 39.4 cm³/mol. The summed E-state index contributed by atoms with van der Waals surface area (Å²) in [4.78, 5) is 0. The van der Waals surface area contributed by atoms with Crippen LogP contribution in [0.2, 0.25) is 10.6 Å². The molecule has 0 aliphatic carbocycles. The van der Waals surface area contributed by atoms with Crippen LogP contribution in [0.25, 0.3) is 0 Å². The van der Waals surface area contributed by atoms with Crippen molar-refractivity contribution < 1.29 is 5.48 Å². The Balaban J connectivity index is 0. The van der Waals surface area contributed by atoms with Crippen molar-refractivity contribution in [1.29, 1.82) is 0 Å². The molecule has 0 aromatic heterocycles. The van der Waals surface area contributed by atoms with Gasteiger partial charge in [0, 0.05) is 0 Å². The van der Waals surface area contributed by atoms with Gasteiger partial charge in [-0.05, 0) is 0 Å². The van der Waals surface area contributed by atoms with Crippen molar-refractivity contribution in [2.45, 2.75) is 10.6 Å². The molecule has 0 aliphatic heterocycles. The third-order valence-electron chi connectivity index (χ3n) is 0.667. The Morgan fingerprint density at radius 2 is 1.50 bits per heavy atom. The zero-order chi connectivity index (χ0) is 5.54. The van der Waals surface area contributed by atoms with Crippen molar-refractivity contribution in [3.8, 4) is 0 Å². The van der Waals surface area contributed by atoms with Gasteiger partial charge < -0.3 is 5.48 Å². The minimum Gasteiger partial charge on any atom is -0.412 e. The highest BCUT2D eigenvalue weighted by atomic mass is 27.1. The van der Waals surface area contributed by atoms with E-state index in [0.717, 1.165) is 0 Å². The molecule has 0 rings (SSSR count). The maximum Gasteiger partial charge on any atom is 0.212 e. The van der Waals surface area contributed by atoms with E-state index in [1.54, 1.807) is 0 Å². The summed E-state index contributed by atoms with van der Waals surface area (Å²) in [7, 11) is 0. The highest BCUT2D eigenvalue weighted by Gasteiger charge is 1.79. The van der Waals surface area contributed by atoms with Crippen molar-refractivity contribution in [2.24, 2.45) is 0 Å². The largest absolute Gasteiger partial charge is 0.412 e. The van der Waals surface area contributed by atoms with E-state index < -0.39 is 0 Å². The Bertz CT molecular complexity index is 53.5. The number of hydrogen-bond donors (Lipinski definition) is 0. The van der Waals surface area contributed by atoms with E-state index >= 15 is 0 Å². The van der Waals surface area contributed by atoms with Crippen LogP contribution in [-0.2, 0) is 0 Å². The van der Waals surface area contributed by atoms with Crippen LogP contribution >= 0.6 is 0 Å². The third-order valence-corrected chi connectivity index (χ3v) is 2.00. The average molecular weight is 127 g/mol. The molecule has 0 aromatic rings. The Hall–Kier alpha value is -0.0275. The Morgan fingerprint density at radius 3 is 1.75 bits per heavy atom. The van der Waals surface area contributed by atoms with Crippen molar-refractivity contribution in [3.05, 3.63) is 25.3 Å². The molecule has 0 bridgehead atoms. The summed E-state index contributed by atoms with van der Waals surface area (Å²) >= 11 is 0.586. The molecule has 45 valence electrons. The predicted octanol–water partition coefficient (Wildman–Crippen LogP) is 1.07. The smallest absolute Gasteiger partial charge is 0.212 e. The molecule has 0 fully saturated rings. The molecule has 0 amide bonds. The van der Waals surface area contributed by atoms with Crippen molar-refractivity contribution in [3.63, 3.8) is 0 Å². The fraction of sp³-hybridized carbons (Fsp3) is 0.333. The lowest BCUT2D eigenvalue weighted by Gasteiger charge is -1.80. The Morgan fingerprint density at radius 1 is 1.12 bits per heavy atom. The molecule has 0 saturated heterocycles. The van der Waals surface area contributed by atoms with Gasteiger partial charge in [0.05, 0.1) is 0 Å². The van der Waals surface area contributed by atoms with E-state index in [4.69, 9.17) is 0 Å². The first kappa shape index (κ1) is 10.9. The first-order valence-corrected chi connectivity index (χ1v) is 4.08. The normalized spacial score (nSPS) is 6.50. The van der Waals surface area contributed by atoms with Crippen molar-refractivity contribution in [1.82, 2.24) is 0 Å². The van der Waals surface area contributed by atoms with E-state index in [-0.39, 0.29) is 5.48 Å². The van der Waals surface area contributed by atoms with Gasteiger partial charge >= 0.3 is 0 Å². The van der Waals surface area contributed by atoms with Crippen LogP contribution in [-0.4, -0.2) is 20.7 Å². The lowest BCUT2D eigenvalue weighted by atomic mass is 10.7. The molecule has 0 atom stereocenters. The van der Waals surface area contributed by atoms with E-state index in [1.165, 1.54) is 10.6 Å². The summed E-state index contributed by atoms with van der Waals surface area (Å²) in [6.07, 6.45) is 3.94. The second-order valence-electron chi connectivity index (χ2n) is 1.34. The van der Waals surface area contributed by atoms with Gasteiger partial charge in [0.15, 0.2) is 0 Å². The molecule has 2 N–H and O–H groups in total. The third kappa shape index (κ3) is 9.36. The summed E-state index contributed by atoms with van der Waals surface area (Å²) in [5.74, 6) is 0. The topological polar surface area (TPSA) is 31.5 Å². The molecule has 0 aromatic carbocycles. The van der Waals surface area contributed by atoms with Crippen LogP contribution in [0.15, 0.2) is 25.3 Å². The molecular weight excluding hydrogens is 115 g/mol. The first-order valence-electron chi connectivity index (χ1n) is 2.45. The van der Waals surface area contributed by atoms with E-state index in [9.17, 15) is 0 Å². The van der Waals surface area contributed by atoms with Gasteiger partial charge in [0.25, 0.3) is 0 Å². The maximum atomic E-state index is 3.62. The van der Waals surface area contributed by atoms with Gasteiger partial charge in [-0.1, -0.05) is 10.6 Å².